The summed E-state index contributed by atoms with van der Waals surface area (Å²) in [5.74, 6) is 0.340. The summed E-state index contributed by atoms with van der Waals surface area (Å²) in [5.41, 5.74) is 6.71. The number of nitrogens with zero attached hydrogens (tertiary/aromatic N) is 1. The second kappa shape index (κ2) is 13.8. The molecule has 0 amide bonds. The van der Waals surface area contributed by atoms with Crippen LogP contribution in [0.3, 0.4) is 0 Å². The summed E-state index contributed by atoms with van der Waals surface area (Å²) in [6.45, 7) is 7.76. The van der Waals surface area contributed by atoms with E-state index < -0.39 is 6.10 Å². The third kappa shape index (κ3) is 7.71. The highest BCUT2D eigenvalue weighted by Crippen LogP contribution is 2.22. The number of allylic oxidation sites excluding steroid dienone is 1. The Morgan fingerprint density at radius 3 is 2.58 bits per heavy atom. The molecule has 1 heterocycles. The lowest BCUT2D eigenvalue weighted by Crippen LogP contribution is -2.31. The Morgan fingerprint density at radius 1 is 1.07 bits per heavy atom. The van der Waals surface area contributed by atoms with Gasteiger partial charge in [-0.05, 0) is 60.2 Å². The summed E-state index contributed by atoms with van der Waals surface area (Å²) in [5, 5.41) is 13.6. The number of carbonyl (C=O) groups is 1. The molecule has 0 radical (unpaired) electrons. The van der Waals surface area contributed by atoms with Gasteiger partial charge in [-0.3, -0.25) is 9.36 Å². The maximum absolute atomic E-state index is 12.6. The molecule has 3 aromatic carbocycles. The number of carbonyl (C=O) groups excluding carboxylic acids is 1. The maximum atomic E-state index is 12.6. The molecule has 0 fully saturated rings. The van der Waals surface area contributed by atoms with E-state index in [1.165, 1.54) is 12.7 Å². The summed E-state index contributed by atoms with van der Waals surface area (Å²) in [7, 11) is 1.36. The number of para-hydroxylation sites is 1. The first-order valence-electron chi connectivity index (χ1n) is 13.5. The van der Waals surface area contributed by atoms with E-state index in [4.69, 9.17) is 4.74 Å². The summed E-state index contributed by atoms with van der Waals surface area (Å²) in [4.78, 5) is 26.9. The molecule has 4 aromatic rings. The SMILES string of the molecule is C=C(C)c1cccc2c1[nH]c(=O)n2CCCc1cccc(CNCC(O)COc2ccc(CC(=O)OC)cc2)c1. The molecule has 0 aliphatic rings. The number of methoxy groups -OCH3 is 1. The second-order valence-electron chi connectivity index (χ2n) is 9.98. The van der Waals surface area contributed by atoms with Gasteiger partial charge in [-0.2, -0.15) is 0 Å². The first kappa shape index (κ1) is 28.9. The molecule has 1 unspecified atom stereocenters. The first-order valence-corrected chi connectivity index (χ1v) is 13.5. The molecule has 4 rings (SSSR count). The number of fused-ring (bicyclic) bond motifs is 1. The lowest BCUT2D eigenvalue weighted by molar-refractivity contribution is -0.139. The van der Waals surface area contributed by atoms with Gasteiger partial charge in [0.05, 0.1) is 24.6 Å². The fraction of sp³-hybridized carbons (Fsp3) is 0.312. The first-order chi connectivity index (χ1) is 19.3. The molecule has 0 aliphatic heterocycles. The molecule has 8 heteroatoms. The number of ether oxygens (including phenoxy) is 2. The van der Waals surface area contributed by atoms with E-state index in [9.17, 15) is 14.7 Å². The lowest BCUT2D eigenvalue weighted by atomic mass is 10.1. The Labute approximate surface area is 234 Å². The Hall–Kier alpha value is -4.14. The van der Waals surface area contributed by atoms with E-state index in [1.807, 2.05) is 43.3 Å². The molecule has 40 heavy (non-hydrogen) atoms. The minimum Gasteiger partial charge on any atom is -0.491 e. The number of nitrogens with one attached hydrogen (secondary N) is 2. The van der Waals surface area contributed by atoms with E-state index >= 15 is 0 Å². The number of aliphatic hydroxyl groups is 1. The van der Waals surface area contributed by atoms with Crippen LogP contribution < -0.4 is 15.7 Å². The quantitative estimate of drug-likeness (QED) is 0.206. The lowest BCUT2D eigenvalue weighted by Gasteiger charge is -2.14. The Balaban J connectivity index is 1.21. The van der Waals surface area contributed by atoms with Gasteiger partial charge in [-0.25, -0.2) is 4.79 Å². The van der Waals surface area contributed by atoms with Crippen LogP contribution in [0.5, 0.6) is 5.75 Å². The van der Waals surface area contributed by atoms with Gasteiger partial charge >= 0.3 is 11.7 Å². The molecule has 0 aliphatic carbocycles. The van der Waals surface area contributed by atoms with Crippen LogP contribution in [-0.4, -0.2) is 47.0 Å². The fourth-order valence-electron chi connectivity index (χ4n) is 4.67. The molecular weight excluding hydrogens is 506 g/mol. The topological polar surface area (TPSA) is 106 Å². The van der Waals surface area contributed by atoms with Crippen molar-refractivity contribution in [3.8, 4) is 5.75 Å². The van der Waals surface area contributed by atoms with Crippen molar-refractivity contribution < 1.29 is 19.4 Å². The number of hydrogen-bond donors (Lipinski definition) is 3. The zero-order valence-corrected chi connectivity index (χ0v) is 23.1. The van der Waals surface area contributed by atoms with Crippen LogP contribution >= 0.6 is 0 Å². The van der Waals surface area contributed by atoms with Crippen LogP contribution in [0, 0.1) is 0 Å². The van der Waals surface area contributed by atoms with E-state index in [1.54, 1.807) is 16.7 Å². The molecule has 0 bridgehead atoms. The smallest absolute Gasteiger partial charge is 0.326 e. The molecule has 3 N–H and O–H groups in total. The number of aryl methyl sites for hydroxylation is 2. The summed E-state index contributed by atoms with van der Waals surface area (Å²) >= 11 is 0. The van der Waals surface area contributed by atoms with Gasteiger partial charge in [0.2, 0.25) is 0 Å². The number of aliphatic hydroxyl groups excluding tert-OH is 1. The maximum Gasteiger partial charge on any atom is 0.326 e. The minimum absolute atomic E-state index is 0.0974. The van der Waals surface area contributed by atoms with Crippen molar-refractivity contribution in [3.05, 3.63) is 106 Å². The normalized spacial score (nSPS) is 11.9. The number of hydrogen-bond acceptors (Lipinski definition) is 6. The summed E-state index contributed by atoms with van der Waals surface area (Å²) in [6, 6.07) is 21.4. The monoisotopic (exact) mass is 543 g/mol. The van der Waals surface area contributed by atoms with E-state index in [-0.39, 0.29) is 24.7 Å². The number of benzene rings is 3. The third-order valence-electron chi connectivity index (χ3n) is 6.76. The van der Waals surface area contributed by atoms with E-state index in [2.05, 4.69) is 39.8 Å². The number of esters is 1. The summed E-state index contributed by atoms with van der Waals surface area (Å²) in [6.07, 6.45) is 1.23. The molecule has 1 aromatic heterocycles. The number of imidazole rings is 1. The molecule has 8 nitrogen and oxygen atoms in total. The van der Waals surface area contributed by atoms with Crippen LogP contribution in [0.15, 0.2) is 78.1 Å². The van der Waals surface area contributed by atoms with Crippen LogP contribution in [0.2, 0.25) is 0 Å². The van der Waals surface area contributed by atoms with Gasteiger partial charge in [0.1, 0.15) is 18.5 Å². The number of rotatable bonds is 14. The van der Waals surface area contributed by atoms with Crippen LogP contribution in [0.4, 0.5) is 0 Å². The van der Waals surface area contributed by atoms with Gasteiger partial charge in [0, 0.05) is 25.2 Å². The highest BCUT2D eigenvalue weighted by molar-refractivity contribution is 5.88. The Bertz CT molecular complexity index is 1500. The van der Waals surface area contributed by atoms with Gasteiger partial charge in [-0.15, -0.1) is 0 Å². The number of aromatic amines is 1. The standard InChI is InChI=1S/C32H37N3O5/c1-22(2)28-10-5-11-29-31(28)34-32(38)35(29)16-6-9-23-7-4-8-25(17-23)19-33-20-26(36)21-40-27-14-12-24(13-15-27)18-30(37)39-3/h4-5,7-8,10-15,17,26,33,36H,1,6,9,16,18-21H2,2-3H3,(H,34,38). The molecule has 0 spiro atoms. The van der Waals surface area contributed by atoms with E-state index in [0.29, 0.717) is 25.4 Å². The average molecular weight is 544 g/mol. The average Bonchev–Trinajstić information content (AvgIpc) is 3.27. The zero-order chi connectivity index (χ0) is 28.5. The molecule has 1 atom stereocenters. The Kier molecular flexibility index (Phi) is 9.94. The van der Waals surface area contributed by atoms with E-state index in [0.717, 1.165) is 46.1 Å². The van der Waals surface area contributed by atoms with Crippen molar-refractivity contribution in [2.75, 3.05) is 20.3 Å². The van der Waals surface area contributed by atoms with Crippen molar-refractivity contribution in [1.29, 1.82) is 0 Å². The zero-order valence-electron chi connectivity index (χ0n) is 23.1. The Morgan fingerprint density at radius 2 is 1.82 bits per heavy atom. The number of aromatic nitrogens is 2. The molecule has 0 saturated carbocycles. The largest absolute Gasteiger partial charge is 0.491 e. The molecular formula is C32H37N3O5. The van der Waals surface area contributed by atoms with Crippen LogP contribution in [-0.2, 0) is 35.5 Å². The van der Waals surface area contributed by atoms with Crippen molar-refractivity contribution in [2.45, 2.75) is 45.4 Å². The highest BCUT2D eigenvalue weighted by Gasteiger charge is 2.11. The van der Waals surface area contributed by atoms with Gasteiger partial charge in [0.15, 0.2) is 0 Å². The molecule has 210 valence electrons. The predicted octanol–water partition coefficient (Wildman–Crippen LogP) is 4.24. The number of H-pyrrole nitrogens is 1. The second-order valence-corrected chi connectivity index (χ2v) is 9.98. The van der Waals surface area contributed by atoms with Crippen molar-refractivity contribution in [3.63, 3.8) is 0 Å². The van der Waals surface area contributed by atoms with Gasteiger partial charge in [-0.1, -0.05) is 55.1 Å². The van der Waals surface area contributed by atoms with Crippen LogP contribution in [0.1, 0.15) is 35.6 Å². The third-order valence-corrected chi connectivity index (χ3v) is 6.76. The molecule has 0 saturated heterocycles. The predicted molar refractivity (Wildman–Crippen MR) is 157 cm³/mol. The summed E-state index contributed by atoms with van der Waals surface area (Å²) < 4.78 is 12.1. The van der Waals surface area contributed by atoms with Gasteiger partial charge < -0.3 is 24.9 Å². The van der Waals surface area contributed by atoms with Crippen molar-refractivity contribution in [1.82, 2.24) is 14.9 Å². The van der Waals surface area contributed by atoms with Gasteiger partial charge in [0.25, 0.3) is 0 Å². The minimum atomic E-state index is -0.669. The fourth-order valence-corrected chi connectivity index (χ4v) is 4.67. The highest BCUT2D eigenvalue weighted by atomic mass is 16.5. The van der Waals surface area contributed by atoms with Crippen LogP contribution in [0.25, 0.3) is 16.6 Å². The van der Waals surface area contributed by atoms with Crippen molar-refractivity contribution >= 4 is 22.6 Å². The van der Waals surface area contributed by atoms with Crippen molar-refractivity contribution in [2.24, 2.45) is 0 Å².